The first-order valence-electron chi connectivity index (χ1n) is 11.2. The third-order valence-corrected chi connectivity index (χ3v) is 5.68. The molecule has 0 radical (unpaired) electrons. The largest absolute Gasteiger partial charge is 0.480 e. The molecule has 0 aliphatic heterocycles. The number of carbonyl (C=O) groups excluding carboxylic acids is 2. The van der Waals surface area contributed by atoms with Gasteiger partial charge in [0.1, 0.15) is 19.3 Å². The van der Waals surface area contributed by atoms with Crippen molar-refractivity contribution in [1.29, 1.82) is 0 Å². The number of rotatable bonds is 10. The van der Waals surface area contributed by atoms with Gasteiger partial charge in [-0.1, -0.05) is 53.6 Å². The van der Waals surface area contributed by atoms with Gasteiger partial charge in [0.2, 0.25) is 0 Å². The van der Waals surface area contributed by atoms with Crippen LogP contribution in [0.25, 0.3) is 32.2 Å². The molecule has 182 valence electrons. The fraction of sp³-hybridized carbons (Fsp3) is 0.192. The van der Waals surface area contributed by atoms with Crippen molar-refractivity contribution in [3.05, 3.63) is 88.8 Å². The average Bonchev–Trinajstić information content (AvgIpc) is 3.21. The third-order valence-electron chi connectivity index (χ3n) is 5.68. The van der Waals surface area contributed by atoms with Crippen LogP contribution in [0.3, 0.4) is 0 Å². The summed E-state index contributed by atoms with van der Waals surface area (Å²) in [5, 5.41) is 15.3. The number of azide groups is 1. The van der Waals surface area contributed by atoms with E-state index < -0.39 is 23.9 Å². The van der Waals surface area contributed by atoms with E-state index in [1.807, 2.05) is 48.5 Å². The number of esters is 2. The maximum Gasteiger partial charge on any atom is 0.338 e. The number of ether oxygens (including phenoxy) is 2. The number of para-hydroxylation sites is 2. The van der Waals surface area contributed by atoms with Crippen LogP contribution in [-0.4, -0.2) is 40.8 Å². The highest BCUT2D eigenvalue weighted by Gasteiger charge is 2.25. The van der Waals surface area contributed by atoms with E-state index in [1.165, 1.54) is 24.3 Å². The molecule has 1 heterocycles. The maximum absolute atomic E-state index is 12.3. The van der Waals surface area contributed by atoms with Crippen LogP contribution in [0.15, 0.2) is 77.9 Å². The number of hydrogen-bond acceptors (Lipinski definition) is 6. The summed E-state index contributed by atoms with van der Waals surface area (Å²) in [6.07, 6.45) is -0.0826. The minimum absolute atomic E-state index is 0.0359. The third kappa shape index (κ3) is 5.29. The van der Waals surface area contributed by atoms with E-state index in [2.05, 4.69) is 10.0 Å². The van der Waals surface area contributed by atoms with Gasteiger partial charge in [-0.25, -0.2) is 9.59 Å². The molecule has 3 aromatic carbocycles. The van der Waals surface area contributed by atoms with Gasteiger partial charge >= 0.3 is 17.9 Å². The predicted octanol–water partition coefficient (Wildman–Crippen LogP) is 5.54. The van der Waals surface area contributed by atoms with Crippen molar-refractivity contribution < 1.29 is 29.0 Å². The molecular formula is C26H22N4O6. The molecule has 4 aromatic rings. The second kappa shape index (κ2) is 11.1. The van der Waals surface area contributed by atoms with Crippen molar-refractivity contribution in [2.24, 2.45) is 5.11 Å². The molecule has 36 heavy (non-hydrogen) atoms. The first-order chi connectivity index (χ1) is 17.5. The molecule has 10 heteroatoms. The molecule has 1 aromatic heterocycles. The lowest BCUT2D eigenvalue weighted by atomic mass is 10.1. The number of aliphatic carboxylic acids is 1. The SMILES string of the molecule is [N-]=[N+]=Nc1ccc(C(=O)OCCOC(=O)CC[C@@H](C(=O)O)n2c3ccccc3c3ccccc32)cc1. The lowest BCUT2D eigenvalue weighted by Gasteiger charge is -2.17. The first kappa shape index (κ1) is 24.3. The average molecular weight is 486 g/mol. The molecule has 4 rings (SSSR count). The topological polar surface area (TPSA) is 144 Å². The lowest BCUT2D eigenvalue weighted by Crippen LogP contribution is -2.21. The van der Waals surface area contributed by atoms with Crippen molar-refractivity contribution in [3.63, 3.8) is 0 Å². The maximum atomic E-state index is 12.3. The summed E-state index contributed by atoms with van der Waals surface area (Å²) in [6.45, 7) is -0.313. The van der Waals surface area contributed by atoms with E-state index in [1.54, 1.807) is 4.57 Å². The quantitative estimate of drug-likeness (QED) is 0.102. The molecule has 0 saturated heterocycles. The van der Waals surface area contributed by atoms with Gasteiger partial charge in [0, 0.05) is 38.8 Å². The highest BCUT2D eigenvalue weighted by molar-refractivity contribution is 6.08. The molecule has 0 aliphatic carbocycles. The van der Waals surface area contributed by atoms with Crippen molar-refractivity contribution in [2.45, 2.75) is 18.9 Å². The summed E-state index contributed by atoms with van der Waals surface area (Å²) in [5.74, 6) is -2.25. The fourth-order valence-electron chi connectivity index (χ4n) is 4.07. The van der Waals surface area contributed by atoms with Crippen molar-refractivity contribution in [3.8, 4) is 0 Å². The molecule has 0 saturated carbocycles. The number of nitrogens with zero attached hydrogens (tertiary/aromatic N) is 4. The molecule has 0 unspecified atom stereocenters. The second-order valence-electron chi connectivity index (χ2n) is 7.89. The number of hydrogen-bond donors (Lipinski definition) is 1. The van der Waals surface area contributed by atoms with Crippen LogP contribution >= 0.6 is 0 Å². The molecular weight excluding hydrogens is 464 g/mol. The van der Waals surface area contributed by atoms with E-state index in [0.29, 0.717) is 5.69 Å². The van der Waals surface area contributed by atoms with Gasteiger partial charge < -0.3 is 19.1 Å². The first-order valence-corrected chi connectivity index (χ1v) is 11.2. The zero-order valence-electron chi connectivity index (χ0n) is 19.1. The molecule has 1 N–H and O–H groups in total. The minimum atomic E-state index is -1.05. The van der Waals surface area contributed by atoms with E-state index in [4.69, 9.17) is 15.0 Å². The van der Waals surface area contributed by atoms with Crippen LogP contribution < -0.4 is 0 Å². The Morgan fingerprint density at radius 3 is 2.06 bits per heavy atom. The molecule has 0 amide bonds. The number of fused-ring (bicyclic) bond motifs is 3. The normalized spacial score (nSPS) is 11.6. The van der Waals surface area contributed by atoms with Crippen LogP contribution in [0.2, 0.25) is 0 Å². The highest BCUT2D eigenvalue weighted by atomic mass is 16.6. The standard InChI is InChI=1S/C26H22N4O6/c27-29-28-18-11-9-17(10-12-18)26(34)36-16-15-35-24(31)14-13-23(25(32)33)30-21-7-3-1-5-19(21)20-6-2-4-8-22(20)30/h1-12,23H,13-16H2,(H,32,33)/t23-/m0/s1. The number of carboxylic acid groups (broad SMARTS) is 1. The van der Waals surface area contributed by atoms with Gasteiger partial charge in [-0.2, -0.15) is 0 Å². The number of carbonyl (C=O) groups is 3. The van der Waals surface area contributed by atoms with Gasteiger partial charge in [-0.3, -0.25) is 4.79 Å². The Morgan fingerprint density at radius 1 is 0.889 bits per heavy atom. The minimum Gasteiger partial charge on any atom is -0.480 e. The summed E-state index contributed by atoms with van der Waals surface area (Å²) >= 11 is 0. The molecule has 0 aliphatic rings. The molecule has 0 fully saturated rings. The Hall–Kier alpha value is -4.82. The van der Waals surface area contributed by atoms with Crippen LogP contribution in [-0.2, 0) is 19.1 Å². The Kier molecular flexibility index (Phi) is 7.48. The monoisotopic (exact) mass is 486 g/mol. The van der Waals surface area contributed by atoms with Crippen molar-refractivity contribution >= 4 is 45.4 Å². The number of benzene rings is 3. The van der Waals surface area contributed by atoms with Gasteiger partial charge in [-0.15, -0.1) is 0 Å². The van der Waals surface area contributed by atoms with Gasteiger partial charge in [-0.05, 0) is 36.2 Å². The summed E-state index contributed by atoms with van der Waals surface area (Å²) in [6, 6.07) is 20.0. The Morgan fingerprint density at radius 2 is 1.47 bits per heavy atom. The van der Waals surface area contributed by atoms with Crippen LogP contribution in [0.5, 0.6) is 0 Å². The molecule has 0 spiro atoms. The highest BCUT2D eigenvalue weighted by Crippen LogP contribution is 2.33. The molecule has 10 nitrogen and oxygen atoms in total. The van der Waals surface area contributed by atoms with Crippen LogP contribution in [0.1, 0.15) is 29.2 Å². The Balaban J connectivity index is 1.33. The van der Waals surface area contributed by atoms with Gasteiger partial charge in [0.25, 0.3) is 0 Å². The molecule has 1 atom stereocenters. The zero-order chi connectivity index (χ0) is 25.5. The second-order valence-corrected chi connectivity index (χ2v) is 7.89. The van der Waals surface area contributed by atoms with E-state index in [9.17, 15) is 19.5 Å². The van der Waals surface area contributed by atoms with E-state index in [-0.39, 0.29) is 31.6 Å². The summed E-state index contributed by atoms with van der Waals surface area (Å²) in [7, 11) is 0. The van der Waals surface area contributed by atoms with Crippen molar-refractivity contribution in [2.75, 3.05) is 13.2 Å². The predicted molar refractivity (Wildman–Crippen MR) is 132 cm³/mol. The van der Waals surface area contributed by atoms with Gasteiger partial charge in [0.05, 0.1) is 5.56 Å². The smallest absolute Gasteiger partial charge is 0.338 e. The lowest BCUT2D eigenvalue weighted by molar-refractivity contribution is -0.146. The zero-order valence-corrected chi connectivity index (χ0v) is 19.1. The van der Waals surface area contributed by atoms with E-state index in [0.717, 1.165) is 21.8 Å². The fourth-order valence-corrected chi connectivity index (χ4v) is 4.07. The van der Waals surface area contributed by atoms with E-state index >= 15 is 0 Å². The van der Waals surface area contributed by atoms with Crippen LogP contribution in [0, 0.1) is 0 Å². The number of carboxylic acids is 1. The summed E-state index contributed by atoms with van der Waals surface area (Å²) in [5.41, 5.74) is 10.6. The molecule has 0 bridgehead atoms. The Labute approximate surface area is 205 Å². The Bertz CT molecular complexity index is 1420. The van der Waals surface area contributed by atoms with Crippen molar-refractivity contribution in [1.82, 2.24) is 4.57 Å². The van der Waals surface area contributed by atoms with Crippen LogP contribution in [0.4, 0.5) is 5.69 Å². The number of aromatic nitrogens is 1. The summed E-state index contributed by atoms with van der Waals surface area (Å²) < 4.78 is 12.0. The van der Waals surface area contributed by atoms with Gasteiger partial charge in [0.15, 0.2) is 0 Å². The summed E-state index contributed by atoms with van der Waals surface area (Å²) in [4.78, 5) is 39.2.